The van der Waals surface area contributed by atoms with E-state index in [1.54, 1.807) is 28.6 Å². The molecule has 174 valence electrons. The van der Waals surface area contributed by atoms with Crippen LogP contribution < -0.4 is 9.62 Å². The molecule has 0 saturated heterocycles. The number of rotatable bonds is 8. The third-order valence-corrected chi connectivity index (χ3v) is 7.79. The number of carbonyl (C=O) groups is 2. The van der Waals surface area contributed by atoms with Gasteiger partial charge in [0.25, 0.3) is 5.91 Å². The summed E-state index contributed by atoms with van der Waals surface area (Å²) in [5.41, 5.74) is 0.923. The first-order chi connectivity index (χ1) is 15.2. The van der Waals surface area contributed by atoms with Crippen molar-refractivity contribution in [3.05, 3.63) is 41.4 Å². The first kappa shape index (κ1) is 24.3. The predicted octanol–water partition coefficient (Wildman–Crippen LogP) is 3.42. The Kier molecular flexibility index (Phi) is 8.02. The van der Waals surface area contributed by atoms with Crippen molar-refractivity contribution in [1.29, 1.82) is 0 Å². The Labute approximate surface area is 193 Å². The lowest BCUT2D eigenvalue weighted by molar-refractivity contribution is -0.155. The molecular formula is C22H29N3O5S2. The van der Waals surface area contributed by atoms with Crippen LogP contribution in [0.15, 0.2) is 40.7 Å². The van der Waals surface area contributed by atoms with Crippen LogP contribution in [0.25, 0.3) is 0 Å². The number of esters is 1. The second-order valence-electron chi connectivity index (χ2n) is 8.05. The fourth-order valence-electron chi connectivity index (χ4n) is 3.69. The molecule has 0 radical (unpaired) electrons. The maximum Gasteiger partial charge on any atom is 0.324 e. The highest BCUT2D eigenvalue weighted by atomic mass is 32.2. The topological polar surface area (TPSA) is 106 Å². The van der Waals surface area contributed by atoms with E-state index in [2.05, 4.69) is 9.71 Å². The minimum absolute atomic E-state index is 0.0148. The van der Waals surface area contributed by atoms with Crippen LogP contribution in [0, 0.1) is 6.92 Å². The van der Waals surface area contributed by atoms with Crippen molar-refractivity contribution in [2.24, 2.45) is 0 Å². The molecule has 1 fully saturated rings. The molecule has 10 heteroatoms. The van der Waals surface area contributed by atoms with Crippen LogP contribution in [0.4, 0.5) is 5.13 Å². The van der Waals surface area contributed by atoms with Gasteiger partial charge in [-0.15, -0.1) is 11.3 Å². The summed E-state index contributed by atoms with van der Waals surface area (Å²) in [6, 6.07) is 5.16. The van der Waals surface area contributed by atoms with Crippen molar-refractivity contribution in [2.75, 3.05) is 4.90 Å². The zero-order valence-electron chi connectivity index (χ0n) is 18.5. The molecular weight excluding hydrogens is 450 g/mol. The van der Waals surface area contributed by atoms with Crippen molar-refractivity contribution in [2.45, 2.75) is 76.0 Å². The van der Waals surface area contributed by atoms with Crippen molar-refractivity contribution in [3.8, 4) is 0 Å². The Bertz CT molecular complexity index is 1020. The number of amides is 1. The predicted molar refractivity (Wildman–Crippen MR) is 123 cm³/mol. The molecule has 1 heterocycles. The molecule has 1 aliphatic carbocycles. The molecule has 1 amide bonds. The molecule has 0 spiro atoms. The van der Waals surface area contributed by atoms with E-state index in [1.807, 2.05) is 6.92 Å². The second kappa shape index (κ2) is 10.5. The van der Waals surface area contributed by atoms with E-state index in [9.17, 15) is 18.0 Å². The number of carbonyl (C=O) groups excluding carboxylic acids is 2. The molecule has 0 bridgehead atoms. The number of hydrogen-bond donors (Lipinski definition) is 1. The van der Waals surface area contributed by atoms with Crippen molar-refractivity contribution in [1.82, 2.24) is 9.71 Å². The van der Waals surface area contributed by atoms with Gasteiger partial charge in [-0.2, -0.15) is 4.72 Å². The summed E-state index contributed by atoms with van der Waals surface area (Å²) >= 11 is 1.36. The fourth-order valence-corrected chi connectivity index (χ4v) is 5.60. The molecule has 1 aromatic carbocycles. The number of benzene rings is 1. The molecule has 1 unspecified atom stereocenters. The minimum atomic E-state index is -3.90. The summed E-state index contributed by atoms with van der Waals surface area (Å²) < 4.78 is 32.8. The Morgan fingerprint density at radius 2 is 1.81 bits per heavy atom. The van der Waals surface area contributed by atoms with Gasteiger partial charge in [0.15, 0.2) is 11.2 Å². The summed E-state index contributed by atoms with van der Waals surface area (Å²) in [5, 5.41) is 2.38. The zero-order valence-corrected chi connectivity index (χ0v) is 20.1. The van der Waals surface area contributed by atoms with Crippen LogP contribution in [-0.4, -0.2) is 43.5 Å². The number of nitrogens with one attached hydrogen (secondary N) is 1. The van der Waals surface area contributed by atoms with E-state index in [4.69, 9.17) is 4.74 Å². The van der Waals surface area contributed by atoms with Crippen molar-refractivity contribution in [3.63, 3.8) is 0 Å². The molecule has 1 saturated carbocycles. The monoisotopic (exact) mass is 479 g/mol. The SMILES string of the molecule is Cc1ccc(S(=O)(=O)N[C@@H](C)C(=O)OC(C)C(=O)N(c2nccs2)C2CCCCC2)cc1. The maximum absolute atomic E-state index is 13.2. The molecule has 32 heavy (non-hydrogen) atoms. The lowest BCUT2D eigenvalue weighted by Crippen LogP contribution is -2.48. The number of ether oxygens (including phenoxy) is 1. The smallest absolute Gasteiger partial charge is 0.324 e. The van der Waals surface area contributed by atoms with E-state index in [0.717, 1.165) is 37.7 Å². The highest BCUT2D eigenvalue weighted by Gasteiger charge is 2.34. The van der Waals surface area contributed by atoms with Gasteiger partial charge in [0.05, 0.1) is 4.90 Å². The third-order valence-electron chi connectivity index (χ3n) is 5.46. The van der Waals surface area contributed by atoms with Crippen LogP contribution in [0.3, 0.4) is 0 Å². The van der Waals surface area contributed by atoms with Crippen molar-refractivity contribution >= 4 is 38.4 Å². The number of aromatic nitrogens is 1. The maximum atomic E-state index is 13.2. The summed E-state index contributed by atoms with van der Waals surface area (Å²) in [6.45, 7) is 4.75. The van der Waals surface area contributed by atoms with Crippen molar-refractivity contribution < 1.29 is 22.7 Å². The highest BCUT2D eigenvalue weighted by molar-refractivity contribution is 7.89. The number of sulfonamides is 1. The molecule has 2 aromatic rings. The Hall–Kier alpha value is -2.30. The Morgan fingerprint density at radius 1 is 1.16 bits per heavy atom. The van der Waals surface area contributed by atoms with Gasteiger partial charge in [-0.1, -0.05) is 37.0 Å². The van der Waals surface area contributed by atoms with E-state index < -0.39 is 28.1 Å². The number of thiazole rings is 1. The quantitative estimate of drug-likeness (QED) is 0.582. The van der Waals surface area contributed by atoms with Gasteiger partial charge in [-0.3, -0.25) is 14.5 Å². The first-order valence-corrected chi connectivity index (χ1v) is 13.1. The lowest BCUT2D eigenvalue weighted by Gasteiger charge is -2.34. The van der Waals surface area contributed by atoms with Crippen LogP contribution in [0.1, 0.15) is 51.5 Å². The number of anilines is 1. The van der Waals surface area contributed by atoms with Gasteiger partial charge in [-0.05, 0) is 45.7 Å². The summed E-state index contributed by atoms with van der Waals surface area (Å²) in [5.74, 6) is -1.17. The van der Waals surface area contributed by atoms with Gasteiger partial charge < -0.3 is 4.74 Å². The number of hydrogen-bond acceptors (Lipinski definition) is 7. The number of aryl methyl sites for hydroxylation is 1. The average molecular weight is 480 g/mol. The summed E-state index contributed by atoms with van der Waals surface area (Å²) in [4.78, 5) is 31.8. The van der Waals surface area contributed by atoms with Crippen LogP contribution in [0.5, 0.6) is 0 Å². The molecule has 2 atom stereocenters. The number of nitrogens with zero attached hydrogens (tertiary/aromatic N) is 2. The third kappa shape index (κ3) is 5.93. The summed E-state index contributed by atoms with van der Waals surface area (Å²) in [6.07, 6.45) is 5.52. The standard InChI is InChI=1S/C22H29N3O5S2/c1-15-9-11-19(12-10-15)32(28,29)24-16(2)21(27)30-17(3)20(26)25(22-23-13-14-31-22)18-7-5-4-6-8-18/h9-14,16-18,24H,4-8H2,1-3H3/t16-,17?/m0/s1. The van der Waals surface area contributed by atoms with Crippen LogP contribution in [-0.2, 0) is 24.3 Å². The largest absolute Gasteiger partial charge is 0.451 e. The lowest BCUT2D eigenvalue weighted by atomic mass is 9.94. The van der Waals surface area contributed by atoms with Crippen LogP contribution >= 0.6 is 11.3 Å². The molecule has 1 N–H and O–H groups in total. The molecule has 3 rings (SSSR count). The molecule has 1 aliphatic rings. The second-order valence-corrected chi connectivity index (χ2v) is 10.6. The molecule has 1 aromatic heterocycles. The molecule has 0 aliphatic heterocycles. The van der Waals surface area contributed by atoms with Gasteiger partial charge in [0.1, 0.15) is 6.04 Å². The Morgan fingerprint density at radius 3 is 2.41 bits per heavy atom. The van der Waals surface area contributed by atoms with Gasteiger partial charge in [-0.25, -0.2) is 13.4 Å². The van der Waals surface area contributed by atoms with Gasteiger partial charge in [0, 0.05) is 17.6 Å². The Balaban J connectivity index is 1.66. The fraction of sp³-hybridized carbons (Fsp3) is 0.500. The summed E-state index contributed by atoms with van der Waals surface area (Å²) in [7, 11) is -3.90. The molecule has 8 nitrogen and oxygen atoms in total. The van der Waals surface area contributed by atoms with E-state index in [1.165, 1.54) is 37.3 Å². The minimum Gasteiger partial charge on any atom is -0.451 e. The zero-order chi connectivity index (χ0) is 23.3. The normalized spacial score (nSPS) is 16.8. The van der Waals surface area contributed by atoms with Gasteiger partial charge >= 0.3 is 5.97 Å². The highest BCUT2D eigenvalue weighted by Crippen LogP contribution is 2.29. The van der Waals surface area contributed by atoms with Crippen LogP contribution in [0.2, 0.25) is 0 Å². The average Bonchev–Trinajstić information content (AvgIpc) is 3.28. The van der Waals surface area contributed by atoms with E-state index >= 15 is 0 Å². The van der Waals surface area contributed by atoms with Gasteiger partial charge in [0.2, 0.25) is 10.0 Å². The van der Waals surface area contributed by atoms with E-state index in [-0.39, 0.29) is 16.8 Å². The first-order valence-electron chi connectivity index (χ1n) is 10.7. The van der Waals surface area contributed by atoms with E-state index in [0.29, 0.717) is 5.13 Å².